The summed E-state index contributed by atoms with van der Waals surface area (Å²) in [6, 6.07) is 0.220. The van der Waals surface area contributed by atoms with Crippen LogP contribution in [-0.2, 0) is 9.59 Å². The van der Waals surface area contributed by atoms with Gasteiger partial charge in [-0.1, -0.05) is 26.2 Å². The van der Waals surface area contributed by atoms with Crippen LogP contribution in [0, 0.1) is 5.41 Å². The van der Waals surface area contributed by atoms with E-state index in [0.717, 1.165) is 12.8 Å². The molecule has 0 aromatic heterocycles. The molecule has 5 nitrogen and oxygen atoms in total. The van der Waals surface area contributed by atoms with Crippen molar-refractivity contribution >= 4 is 11.9 Å². The Labute approximate surface area is 128 Å². The normalized spacial score (nSPS) is 20.0. The topological polar surface area (TPSA) is 69.6 Å². The zero-order chi connectivity index (χ0) is 15.9. The lowest BCUT2D eigenvalue weighted by Crippen LogP contribution is -2.47. The second-order valence-corrected chi connectivity index (χ2v) is 6.61. The van der Waals surface area contributed by atoms with Crippen molar-refractivity contribution < 1.29 is 14.7 Å². The number of carbonyl (C=O) groups excluding carboxylic acids is 1. The highest BCUT2D eigenvalue weighted by Gasteiger charge is 2.37. The number of nitrogens with zero attached hydrogens (tertiary/aromatic N) is 1. The van der Waals surface area contributed by atoms with Crippen LogP contribution in [0.5, 0.6) is 0 Å². The standard InChI is InChI=1S/C16H30N2O3/c1-4-5-6-7-13(2)17-14(19)12-18-10-8-16(3,9-11-18)15(20)21/h13H,4-12H2,1-3H3,(H,17,19)(H,20,21). The Hall–Kier alpha value is -1.10. The molecule has 1 rings (SSSR count). The molecule has 1 heterocycles. The third-order valence-corrected chi connectivity index (χ3v) is 4.49. The van der Waals surface area contributed by atoms with Crippen molar-refractivity contribution in [3.05, 3.63) is 0 Å². The van der Waals surface area contributed by atoms with Gasteiger partial charge in [0.1, 0.15) is 0 Å². The molecule has 1 amide bonds. The van der Waals surface area contributed by atoms with Crippen LogP contribution < -0.4 is 5.32 Å². The maximum Gasteiger partial charge on any atom is 0.309 e. The highest BCUT2D eigenvalue weighted by molar-refractivity contribution is 5.78. The minimum absolute atomic E-state index is 0.0536. The van der Waals surface area contributed by atoms with Gasteiger partial charge in [0.2, 0.25) is 5.91 Å². The minimum Gasteiger partial charge on any atom is -0.481 e. The quantitative estimate of drug-likeness (QED) is 0.674. The second-order valence-electron chi connectivity index (χ2n) is 6.61. The Bertz CT molecular complexity index is 349. The number of carboxylic acids is 1. The molecule has 1 unspecified atom stereocenters. The van der Waals surface area contributed by atoms with E-state index in [9.17, 15) is 14.7 Å². The monoisotopic (exact) mass is 298 g/mol. The summed E-state index contributed by atoms with van der Waals surface area (Å²) in [7, 11) is 0. The number of hydrogen-bond donors (Lipinski definition) is 2. The summed E-state index contributed by atoms with van der Waals surface area (Å²) in [6.45, 7) is 7.76. The van der Waals surface area contributed by atoms with Gasteiger partial charge in [0.25, 0.3) is 0 Å². The Kier molecular flexibility index (Phi) is 7.15. The van der Waals surface area contributed by atoms with Crippen LogP contribution in [0.15, 0.2) is 0 Å². The Balaban J connectivity index is 2.26. The van der Waals surface area contributed by atoms with Crippen molar-refractivity contribution in [3.8, 4) is 0 Å². The number of aliphatic carboxylic acids is 1. The van der Waals surface area contributed by atoms with Gasteiger partial charge >= 0.3 is 5.97 Å². The van der Waals surface area contributed by atoms with Crippen molar-refractivity contribution in [1.82, 2.24) is 10.2 Å². The lowest BCUT2D eigenvalue weighted by molar-refractivity contribution is -0.150. The molecule has 122 valence electrons. The fourth-order valence-corrected chi connectivity index (χ4v) is 2.71. The first-order chi connectivity index (χ1) is 9.87. The summed E-state index contributed by atoms with van der Waals surface area (Å²) in [6.07, 6.45) is 5.80. The third-order valence-electron chi connectivity index (χ3n) is 4.49. The second kappa shape index (κ2) is 8.37. The van der Waals surface area contributed by atoms with E-state index in [1.807, 2.05) is 6.92 Å². The summed E-state index contributed by atoms with van der Waals surface area (Å²) in [5.74, 6) is -0.672. The number of carbonyl (C=O) groups is 2. The fraction of sp³-hybridized carbons (Fsp3) is 0.875. The number of hydrogen-bond acceptors (Lipinski definition) is 3. The highest BCUT2D eigenvalue weighted by Crippen LogP contribution is 2.30. The van der Waals surface area contributed by atoms with Crippen molar-refractivity contribution in [3.63, 3.8) is 0 Å². The summed E-state index contributed by atoms with van der Waals surface area (Å²) in [4.78, 5) is 25.2. The van der Waals surface area contributed by atoms with Crippen molar-refractivity contribution in [1.29, 1.82) is 0 Å². The van der Waals surface area contributed by atoms with Crippen LogP contribution in [0.2, 0.25) is 0 Å². The van der Waals surface area contributed by atoms with Gasteiger partial charge in [0.15, 0.2) is 0 Å². The third kappa shape index (κ3) is 6.04. The van der Waals surface area contributed by atoms with Crippen LogP contribution in [0.3, 0.4) is 0 Å². The molecule has 1 aliphatic rings. The largest absolute Gasteiger partial charge is 0.481 e. The molecule has 5 heteroatoms. The van der Waals surface area contributed by atoms with Crippen molar-refractivity contribution in [2.24, 2.45) is 5.41 Å². The minimum atomic E-state index is -0.726. The molecule has 0 aromatic rings. The Morgan fingerprint density at radius 3 is 2.43 bits per heavy atom. The van der Waals surface area contributed by atoms with E-state index in [-0.39, 0.29) is 11.9 Å². The molecule has 0 bridgehead atoms. The van der Waals surface area contributed by atoms with Crippen LogP contribution in [0.4, 0.5) is 0 Å². The maximum atomic E-state index is 12.0. The molecule has 1 saturated heterocycles. The van der Waals surface area contributed by atoms with E-state index in [0.29, 0.717) is 32.5 Å². The molecule has 1 aliphatic heterocycles. The van der Waals surface area contributed by atoms with Crippen LogP contribution in [-0.4, -0.2) is 47.6 Å². The van der Waals surface area contributed by atoms with Crippen molar-refractivity contribution in [2.75, 3.05) is 19.6 Å². The molecular weight excluding hydrogens is 268 g/mol. The van der Waals surface area contributed by atoms with Gasteiger partial charge in [-0.3, -0.25) is 14.5 Å². The van der Waals surface area contributed by atoms with Gasteiger partial charge < -0.3 is 10.4 Å². The van der Waals surface area contributed by atoms with Gasteiger partial charge in [-0.2, -0.15) is 0 Å². The Morgan fingerprint density at radius 1 is 1.29 bits per heavy atom. The van der Waals surface area contributed by atoms with Crippen molar-refractivity contribution in [2.45, 2.75) is 65.3 Å². The average molecular weight is 298 g/mol. The predicted molar refractivity (Wildman–Crippen MR) is 83.2 cm³/mol. The average Bonchev–Trinajstić information content (AvgIpc) is 2.41. The number of unbranched alkanes of at least 4 members (excludes halogenated alkanes) is 2. The number of rotatable bonds is 8. The predicted octanol–water partition coefficient (Wildman–Crippen LogP) is 2.26. The number of likely N-dealkylation sites (tertiary alicyclic amines) is 1. The molecule has 2 N–H and O–H groups in total. The summed E-state index contributed by atoms with van der Waals surface area (Å²) in [5.41, 5.74) is -0.625. The van der Waals surface area contributed by atoms with Gasteiger partial charge in [0, 0.05) is 6.04 Å². The van der Waals surface area contributed by atoms with E-state index >= 15 is 0 Å². The maximum absolute atomic E-state index is 12.0. The van der Waals surface area contributed by atoms with E-state index in [4.69, 9.17) is 0 Å². The number of nitrogens with one attached hydrogen (secondary N) is 1. The highest BCUT2D eigenvalue weighted by atomic mass is 16.4. The molecule has 0 aliphatic carbocycles. The first-order valence-electron chi connectivity index (χ1n) is 8.12. The number of piperidine rings is 1. The molecule has 0 aromatic carbocycles. The van der Waals surface area contributed by atoms with E-state index in [2.05, 4.69) is 17.1 Å². The van der Waals surface area contributed by atoms with E-state index in [1.165, 1.54) is 12.8 Å². The zero-order valence-electron chi connectivity index (χ0n) is 13.7. The first-order valence-corrected chi connectivity index (χ1v) is 8.12. The van der Waals surface area contributed by atoms with Gasteiger partial charge in [-0.15, -0.1) is 0 Å². The van der Waals surface area contributed by atoms with Gasteiger partial charge in [-0.25, -0.2) is 0 Å². The van der Waals surface area contributed by atoms with Gasteiger partial charge in [-0.05, 0) is 46.2 Å². The zero-order valence-corrected chi connectivity index (χ0v) is 13.7. The molecule has 0 radical (unpaired) electrons. The molecule has 0 spiro atoms. The molecular formula is C16H30N2O3. The summed E-state index contributed by atoms with van der Waals surface area (Å²) < 4.78 is 0. The van der Waals surface area contributed by atoms with E-state index < -0.39 is 11.4 Å². The SMILES string of the molecule is CCCCCC(C)NC(=O)CN1CCC(C)(C(=O)O)CC1. The summed E-state index contributed by atoms with van der Waals surface area (Å²) >= 11 is 0. The van der Waals surface area contributed by atoms with Gasteiger partial charge in [0.05, 0.1) is 12.0 Å². The smallest absolute Gasteiger partial charge is 0.309 e. The molecule has 1 fully saturated rings. The molecule has 1 atom stereocenters. The lowest BCUT2D eigenvalue weighted by Gasteiger charge is -2.36. The molecule has 0 saturated carbocycles. The van der Waals surface area contributed by atoms with Crippen LogP contribution >= 0.6 is 0 Å². The van der Waals surface area contributed by atoms with E-state index in [1.54, 1.807) is 6.92 Å². The van der Waals surface area contributed by atoms with Crippen LogP contribution in [0.1, 0.15) is 59.3 Å². The van der Waals surface area contributed by atoms with Crippen LogP contribution in [0.25, 0.3) is 0 Å². The Morgan fingerprint density at radius 2 is 1.90 bits per heavy atom. The fourth-order valence-electron chi connectivity index (χ4n) is 2.71. The number of amides is 1. The summed E-state index contributed by atoms with van der Waals surface area (Å²) in [5, 5.41) is 12.2. The lowest BCUT2D eigenvalue weighted by atomic mass is 9.80. The first kappa shape index (κ1) is 18.0. The number of carboxylic acid groups (broad SMARTS) is 1. The molecule has 21 heavy (non-hydrogen) atoms.